The lowest BCUT2D eigenvalue weighted by Crippen LogP contribution is -2.47. The number of hydrogen-bond acceptors (Lipinski definition) is 7. The number of rotatable bonds is 9. The number of urea groups is 1. The van der Waals surface area contributed by atoms with Gasteiger partial charge in [-0.05, 0) is 100 Å². The summed E-state index contributed by atoms with van der Waals surface area (Å²) in [4.78, 5) is 31.1. The Morgan fingerprint density at radius 1 is 1.04 bits per heavy atom. The number of benzene rings is 3. The van der Waals surface area contributed by atoms with E-state index in [1.54, 1.807) is 60.5 Å². The molecule has 1 aliphatic heterocycles. The van der Waals surface area contributed by atoms with Gasteiger partial charge in [0, 0.05) is 43.5 Å². The summed E-state index contributed by atoms with van der Waals surface area (Å²) < 4.78 is 18.0. The predicted molar refractivity (Wildman–Crippen MR) is 195 cm³/mol. The number of ether oxygens (including phenoxy) is 3. The minimum atomic E-state index is -0.488. The minimum Gasteiger partial charge on any atom is -0.497 e. The first-order valence-corrected chi connectivity index (χ1v) is 17.4. The molecule has 0 aliphatic carbocycles. The summed E-state index contributed by atoms with van der Waals surface area (Å²) in [5.41, 5.74) is 2.34. The van der Waals surface area contributed by atoms with E-state index in [0.29, 0.717) is 64.7 Å². The maximum absolute atomic E-state index is 14.4. The van der Waals surface area contributed by atoms with Gasteiger partial charge in [0.05, 0.1) is 47.6 Å². The van der Waals surface area contributed by atoms with E-state index < -0.39 is 12.1 Å². The van der Waals surface area contributed by atoms with Crippen LogP contribution in [0, 0.1) is 5.92 Å². The van der Waals surface area contributed by atoms with E-state index in [2.05, 4.69) is 22.5 Å². The standard InChI is InChI=1S/C37H48Cl2N4O6/c1-24-20-43(25(2)23-44)36(45)31-19-29(41-37(46)40-28-10-13-30(47-5)14-11-28)12-16-34(31)49-26(3)8-6-7-17-48-35(24)22-42(4)21-27-9-15-32(38)33(39)18-27/h9-16,18-19,24-26,35,44H,6-8,17,20-23H2,1-5H3,(H2,40,41,46)/t24-,25+,26-,35-/m1/s1. The van der Waals surface area contributed by atoms with Gasteiger partial charge in [-0.2, -0.15) is 0 Å². The zero-order chi connectivity index (χ0) is 35.5. The Morgan fingerprint density at radius 2 is 1.76 bits per heavy atom. The lowest BCUT2D eigenvalue weighted by atomic mass is 10.0. The van der Waals surface area contributed by atoms with E-state index in [9.17, 15) is 14.7 Å². The molecule has 4 rings (SSSR count). The van der Waals surface area contributed by atoms with Crippen molar-refractivity contribution in [2.45, 2.75) is 64.8 Å². The van der Waals surface area contributed by atoms with Gasteiger partial charge in [0.25, 0.3) is 5.91 Å². The van der Waals surface area contributed by atoms with Crippen LogP contribution in [0.3, 0.4) is 0 Å². The zero-order valence-electron chi connectivity index (χ0n) is 28.9. The van der Waals surface area contributed by atoms with Crippen LogP contribution in [0.4, 0.5) is 16.2 Å². The number of aliphatic hydroxyl groups is 1. The Kier molecular flexibility index (Phi) is 14.4. The molecule has 12 heteroatoms. The Morgan fingerprint density at radius 3 is 2.45 bits per heavy atom. The van der Waals surface area contributed by atoms with Crippen LogP contribution in [0.5, 0.6) is 11.5 Å². The molecule has 4 atom stereocenters. The van der Waals surface area contributed by atoms with Crippen molar-refractivity contribution in [3.8, 4) is 11.5 Å². The molecular weight excluding hydrogens is 667 g/mol. The second-order valence-electron chi connectivity index (χ2n) is 12.8. The van der Waals surface area contributed by atoms with Gasteiger partial charge in [0.1, 0.15) is 11.5 Å². The third kappa shape index (κ3) is 11.2. The lowest BCUT2D eigenvalue weighted by molar-refractivity contribution is -0.0177. The number of anilines is 2. The molecule has 10 nitrogen and oxygen atoms in total. The third-order valence-corrected chi connectivity index (χ3v) is 9.32. The summed E-state index contributed by atoms with van der Waals surface area (Å²) in [6.07, 6.45) is 2.17. The van der Waals surface area contributed by atoms with Gasteiger partial charge >= 0.3 is 6.03 Å². The van der Waals surface area contributed by atoms with Crippen molar-refractivity contribution in [3.05, 3.63) is 81.8 Å². The maximum atomic E-state index is 14.4. The van der Waals surface area contributed by atoms with Gasteiger partial charge in [-0.3, -0.25) is 9.69 Å². The summed E-state index contributed by atoms with van der Waals surface area (Å²) in [6.45, 7) is 7.80. The molecule has 1 heterocycles. The topological polar surface area (TPSA) is 113 Å². The molecule has 49 heavy (non-hydrogen) atoms. The number of methoxy groups -OCH3 is 1. The highest BCUT2D eigenvalue weighted by Gasteiger charge is 2.30. The Balaban J connectivity index is 1.57. The lowest BCUT2D eigenvalue weighted by Gasteiger charge is -2.36. The highest BCUT2D eigenvalue weighted by molar-refractivity contribution is 6.42. The fourth-order valence-electron chi connectivity index (χ4n) is 5.75. The van der Waals surface area contributed by atoms with Crippen molar-refractivity contribution < 1.29 is 28.9 Å². The quantitative estimate of drug-likeness (QED) is 0.210. The summed E-state index contributed by atoms with van der Waals surface area (Å²) in [7, 11) is 3.60. The second-order valence-corrected chi connectivity index (χ2v) is 13.6. The number of carbonyl (C=O) groups excluding carboxylic acids is 2. The normalized spacial score (nSPS) is 19.7. The molecule has 0 radical (unpaired) electrons. The zero-order valence-corrected chi connectivity index (χ0v) is 30.4. The van der Waals surface area contributed by atoms with E-state index in [-0.39, 0.29) is 30.6 Å². The number of hydrogen-bond donors (Lipinski definition) is 3. The van der Waals surface area contributed by atoms with Gasteiger partial charge in [-0.25, -0.2) is 4.79 Å². The Hall–Kier alpha value is -3.54. The van der Waals surface area contributed by atoms with Gasteiger partial charge in [-0.1, -0.05) is 36.2 Å². The number of carbonyl (C=O) groups is 2. The highest BCUT2D eigenvalue weighted by atomic mass is 35.5. The van der Waals surface area contributed by atoms with Crippen molar-refractivity contribution in [1.29, 1.82) is 0 Å². The fourth-order valence-corrected chi connectivity index (χ4v) is 6.07. The predicted octanol–water partition coefficient (Wildman–Crippen LogP) is 7.57. The fraction of sp³-hybridized carbons (Fsp3) is 0.459. The molecule has 0 bridgehead atoms. The average Bonchev–Trinajstić information content (AvgIpc) is 3.08. The first-order valence-electron chi connectivity index (χ1n) is 16.7. The molecule has 0 fully saturated rings. The van der Waals surface area contributed by atoms with Crippen molar-refractivity contribution >= 4 is 46.5 Å². The third-order valence-electron chi connectivity index (χ3n) is 8.59. The Bertz CT molecular complexity index is 1540. The van der Waals surface area contributed by atoms with E-state index in [1.165, 1.54) is 0 Å². The largest absolute Gasteiger partial charge is 0.497 e. The van der Waals surface area contributed by atoms with Crippen molar-refractivity contribution in [1.82, 2.24) is 9.80 Å². The van der Waals surface area contributed by atoms with Crippen molar-refractivity contribution in [3.63, 3.8) is 0 Å². The molecule has 3 aromatic rings. The number of fused-ring (bicyclic) bond motifs is 1. The molecule has 3 amide bonds. The first-order chi connectivity index (χ1) is 23.5. The van der Waals surface area contributed by atoms with Crippen molar-refractivity contribution in [2.75, 3.05) is 51.1 Å². The average molecular weight is 716 g/mol. The number of likely N-dealkylation sites (N-methyl/N-ethyl adjacent to an activating group) is 1. The molecule has 3 N–H and O–H groups in total. The Labute approximate surface area is 299 Å². The SMILES string of the molecule is COc1ccc(NC(=O)Nc2ccc3c(c2)C(=O)N([C@@H](C)CO)C[C@@H](C)[C@@H](CN(C)Cc2ccc(Cl)c(Cl)c2)OCCCC[C@@H](C)O3)cc1. The number of nitrogens with zero attached hydrogens (tertiary/aromatic N) is 2. The molecule has 0 aromatic heterocycles. The molecule has 0 saturated carbocycles. The second kappa shape index (κ2) is 18.5. The van der Waals surface area contributed by atoms with Crippen LogP contribution in [0.1, 0.15) is 56.0 Å². The van der Waals surface area contributed by atoms with Gasteiger partial charge in [0.15, 0.2) is 0 Å². The number of halogens is 2. The summed E-state index contributed by atoms with van der Waals surface area (Å²) in [5.74, 6) is 0.702. The van der Waals surface area contributed by atoms with E-state index in [0.717, 1.165) is 24.8 Å². The smallest absolute Gasteiger partial charge is 0.323 e. The van der Waals surface area contributed by atoms with E-state index in [1.807, 2.05) is 33.0 Å². The van der Waals surface area contributed by atoms with Crippen LogP contribution in [-0.4, -0.2) is 85.6 Å². The van der Waals surface area contributed by atoms with Crippen molar-refractivity contribution in [2.24, 2.45) is 5.92 Å². The van der Waals surface area contributed by atoms with Crippen LogP contribution in [0.15, 0.2) is 60.7 Å². The van der Waals surface area contributed by atoms with Gasteiger partial charge in [0.2, 0.25) is 0 Å². The van der Waals surface area contributed by atoms with Crippen LogP contribution < -0.4 is 20.1 Å². The van der Waals surface area contributed by atoms with Gasteiger partial charge < -0.3 is 34.9 Å². The summed E-state index contributed by atoms with van der Waals surface area (Å²) in [5, 5.41) is 16.9. The summed E-state index contributed by atoms with van der Waals surface area (Å²) in [6, 6.07) is 16.7. The molecule has 3 aromatic carbocycles. The minimum absolute atomic E-state index is 0.0861. The van der Waals surface area contributed by atoms with Crippen LogP contribution in [0.2, 0.25) is 10.0 Å². The van der Waals surface area contributed by atoms with E-state index in [4.69, 9.17) is 37.4 Å². The highest BCUT2D eigenvalue weighted by Crippen LogP contribution is 2.29. The number of nitrogens with one attached hydrogen (secondary N) is 2. The molecule has 0 saturated heterocycles. The molecule has 266 valence electrons. The van der Waals surface area contributed by atoms with Crippen LogP contribution >= 0.6 is 23.2 Å². The van der Waals surface area contributed by atoms with E-state index >= 15 is 0 Å². The molecule has 1 aliphatic rings. The molecular formula is C37H48Cl2N4O6. The maximum Gasteiger partial charge on any atom is 0.323 e. The van der Waals surface area contributed by atoms with Crippen LogP contribution in [0.25, 0.3) is 0 Å². The van der Waals surface area contributed by atoms with Crippen LogP contribution in [-0.2, 0) is 11.3 Å². The number of aliphatic hydroxyl groups excluding tert-OH is 1. The summed E-state index contributed by atoms with van der Waals surface area (Å²) >= 11 is 12.4. The molecule has 0 spiro atoms. The van der Waals surface area contributed by atoms with Gasteiger partial charge in [-0.15, -0.1) is 0 Å². The molecule has 0 unspecified atom stereocenters. The number of amides is 3. The first kappa shape index (κ1) is 38.3. The monoisotopic (exact) mass is 714 g/mol.